The number of likely N-dealkylation sites (tertiary alicyclic amines) is 1. The van der Waals surface area contributed by atoms with Crippen molar-refractivity contribution in [2.24, 2.45) is 0 Å². The van der Waals surface area contributed by atoms with E-state index in [-0.39, 0.29) is 17.5 Å². The molecule has 24 heavy (non-hydrogen) atoms. The van der Waals surface area contributed by atoms with Crippen molar-refractivity contribution in [1.29, 1.82) is 0 Å². The van der Waals surface area contributed by atoms with E-state index in [0.29, 0.717) is 23.2 Å². The molecule has 1 aromatic carbocycles. The number of nitro groups is 1. The van der Waals surface area contributed by atoms with Gasteiger partial charge in [-0.3, -0.25) is 19.7 Å². The molecule has 7 nitrogen and oxygen atoms in total. The lowest BCUT2D eigenvalue weighted by atomic mass is 10.0. The number of carbonyl (C=O) groups is 2. The molecule has 1 N–H and O–H groups in total. The van der Waals surface area contributed by atoms with Crippen molar-refractivity contribution in [1.82, 2.24) is 10.2 Å². The average molecular weight is 347 g/mol. The molecule has 0 bridgehead atoms. The van der Waals surface area contributed by atoms with E-state index in [1.165, 1.54) is 23.5 Å². The number of hydrogen-bond acceptors (Lipinski definition) is 5. The molecule has 1 fully saturated rings. The van der Waals surface area contributed by atoms with Gasteiger partial charge in [-0.2, -0.15) is 0 Å². The lowest BCUT2D eigenvalue weighted by molar-refractivity contribution is -0.384. The number of piperidine rings is 1. The molecule has 0 radical (unpaired) electrons. The fourth-order valence-electron chi connectivity index (χ4n) is 3.01. The van der Waals surface area contributed by atoms with Crippen LogP contribution in [0.4, 0.5) is 5.69 Å². The van der Waals surface area contributed by atoms with E-state index < -0.39 is 11.0 Å². The number of thiophene rings is 1. The monoisotopic (exact) mass is 347 g/mol. The number of non-ortho nitro benzene ring substituents is 1. The molecule has 1 aliphatic heterocycles. The molecule has 126 valence electrons. The van der Waals surface area contributed by atoms with Crippen molar-refractivity contribution in [2.45, 2.75) is 25.3 Å². The quantitative estimate of drug-likeness (QED) is 0.682. The molecule has 2 heterocycles. The van der Waals surface area contributed by atoms with Crippen molar-refractivity contribution in [3.05, 3.63) is 39.3 Å². The maximum Gasteiger partial charge on any atom is 0.270 e. The van der Waals surface area contributed by atoms with Crippen LogP contribution in [-0.2, 0) is 4.79 Å². The van der Waals surface area contributed by atoms with E-state index in [4.69, 9.17) is 0 Å². The van der Waals surface area contributed by atoms with Crippen LogP contribution in [0.1, 0.15) is 28.9 Å². The van der Waals surface area contributed by atoms with E-state index >= 15 is 0 Å². The molecular weight excluding hydrogens is 330 g/mol. The van der Waals surface area contributed by atoms with Crippen LogP contribution in [0.3, 0.4) is 0 Å². The number of nitrogens with one attached hydrogen (secondary N) is 1. The summed E-state index contributed by atoms with van der Waals surface area (Å²) in [6.45, 7) is 0.547. The normalized spacial score (nSPS) is 17.7. The van der Waals surface area contributed by atoms with Crippen LogP contribution in [0.15, 0.2) is 24.3 Å². The van der Waals surface area contributed by atoms with Gasteiger partial charge in [0.2, 0.25) is 5.91 Å². The number of nitrogens with zero attached hydrogens (tertiary/aromatic N) is 2. The van der Waals surface area contributed by atoms with Gasteiger partial charge in [0, 0.05) is 35.8 Å². The maximum atomic E-state index is 12.8. The molecule has 0 saturated carbocycles. The minimum absolute atomic E-state index is 0.000471. The van der Waals surface area contributed by atoms with Gasteiger partial charge in [-0.1, -0.05) is 0 Å². The molecule has 1 atom stereocenters. The van der Waals surface area contributed by atoms with Crippen LogP contribution in [0.25, 0.3) is 10.1 Å². The summed E-state index contributed by atoms with van der Waals surface area (Å²) >= 11 is 1.30. The number of fused-ring (bicyclic) bond motifs is 1. The van der Waals surface area contributed by atoms with Gasteiger partial charge in [-0.05, 0) is 31.4 Å². The summed E-state index contributed by atoms with van der Waals surface area (Å²) in [7, 11) is 1.57. The molecule has 1 aromatic heterocycles. The molecule has 2 amide bonds. The first kappa shape index (κ1) is 16.4. The summed E-state index contributed by atoms with van der Waals surface area (Å²) in [5, 5.41) is 14.2. The van der Waals surface area contributed by atoms with E-state index in [9.17, 15) is 19.7 Å². The number of benzene rings is 1. The molecule has 1 saturated heterocycles. The van der Waals surface area contributed by atoms with Gasteiger partial charge in [0.05, 0.1) is 9.80 Å². The van der Waals surface area contributed by atoms with Crippen molar-refractivity contribution in [3.8, 4) is 0 Å². The van der Waals surface area contributed by atoms with Gasteiger partial charge >= 0.3 is 0 Å². The predicted molar refractivity (Wildman–Crippen MR) is 91.2 cm³/mol. The highest BCUT2D eigenvalue weighted by molar-refractivity contribution is 7.20. The number of rotatable bonds is 3. The molecule has 3 rings (SSSR count). The first-order chi connectivity index (χ1) is 11.5. The summed E-state index contributed by atoms with van der Waals surface area (Å²) < 4.78 is 0.817. The van der Waals surface area contributed by atoms with Gasteiger partial charge in [0.1, 0.15) is 6.04 Å². The van der Waals surface area contributed by atoms with Crippen LogP contribution < -0.4 is 5.32 Å². The second-order valence-corrected chi connectivity index (χ2v) is 6.80. The lowest BCUT2D eigenvalue weighted by Gasteiger charge is -2.34. The molecule has 0 spiro atoms. The number of nitro benzene ring substituents is 1. The van der Waals surface area contributed by atoms with E-state index in [0.717, 1.165) is 17.5 Å². The van der Waals surface area contributed by atoms with Crippen LogP contribution >= 0.6 is 11.3 Å². The fraction of sp³-hybridized carbons (Fsp3) is 0.375. The number of amides is 2. The van der Waals surface area contributed by atoms with Crippen LogP contribution in [0, 0.1) is 10.1 Å². The summed E-state index contributed by atoms with van der Waals surface area (Å²) in [4.78, 5) is 37.4. The highest BCUT2D eigenvalue weighted by Crippen LogP contribution is 2.31. The van der Waals surface area contributed by atoms with Crippen molar-refractivity contribution in [3.63, 3.8) is 0 Å². The molecule has 0 unspecified atom stereocenters. The highest BCUT2D eigenvalue weighted by atomic mass is 32.1. The summed E-state index contributed by atoms with van der Waals surface area (Å²) in [5.74, 6) is -0.341. The highest BCUT2D eigenvalue weighted by Gasteiger charge is 2.32. The maximum absolute atomic E-state index is 12.8. The Hall–Kier alpha value is -2.48. The zero-order valence-corrected chi connectivity index (χ0v) is 14.0. The first-order valence-electron chi connectivity index (χ1n) is 7.72. The predicted octanol–water partition coefficient (Wildman–Crippen LogP) is 2.55. The minimum atomic E-state index is -0.454. The summed E-state index contributed by atoms with van der Waals surface area (Å²) in [6, 6.07) is 5.78. The second kappa shape index (κ2) is 6.56. The van der Waals surface area contributed by atoms with E-state index in [2.05, 4.69) is 5.32 Å². The Labute approximate surface area is 142 Å². The number of hydrogen-bond donors (Lipinski definition) is 1. The van der Waals surface area contributed by atoms with Gasteiger partial charge in [0.25, 0.3) is 11.6 Å². The summed E-state index contributed by atoms with van der Waals surface area (Å²) in [6.07, 6.45) is 2.44. The van der Waals surface area contributed by atoms with Crippen molar-refractivity contribution >= 4 is 38.9 Å². The van der Waals surface area contributed by atoms with Crippen LogP contribution in [-0.4, -0.2) is 41.3 Å². The third-order valence-electron chi connectivity index (χ3n) is 4.23. The van der Waals surface area contributed by atoms with Crippen LogP contribution in [0.5, 0.6) is 0 Å². The smallest absolute Gasteiger partial charge is 0.270 e. The molecule has 8 heteroatoms. The lowest BCUT2D eigenvalue weighted by Crippen LogP contribution is -2.51. The molecule has 0 aliphatic carbocycles. The molecule has 2 aromatic rings. The number of carbonyl (C=O) groups excluding carboxylic acids is 2. The molecular formula is C16H17N3O4S. The Morgan fingerprint density at radius 2 is 2.12 bits per heavy atom. The first-order valence-corrected chi connectivity index (χ1v) is 8.53. The Bertz CT molecular complexity index is 817. The third kappa shape index (κ3) is 2.96. The van der Waals surface area contributed by atoms with E-state index in [1.54, 1.807) is 24.1 Å². The minimum Gasteiger partial charge on any atom is -0.357 e. The topological polar surface area (TPSA) is 92.6 Å². The third-order valence-corrected chi connectivity index (χ3v) is 5.34. The van der Waals surface area contributed by atoms with E-state index in [1.807, 2.05) is 0 Å². The zero-order chi connectivity index (χ0) is 17.3. The average Bonchev–Trinajstić information content (AvgIpc) is 3.03. The Morgan fingerprint density at radius 3 is 2.83 bits per heavy atom. The Balaban J connectivity index is 1.92. The van der Waals surface area contributed by atoms with Gasteiger partial charge in [-0.25, -0.2) is 0 Å². The summed E-state index contributed by atoms with van der Waals surface area (Å²) in [5.41, 5.74) is 0.000471. The van der Waals surface area contributed by atoms with Gasteiger partial charge < -0.3 is 10.2 Å². The molecule has 1 aliphatic rings. The second-order valence-electron chi connectivity index (χ2n) is 5.71. The zero-order valence-electron chi connectivity index (χ0n) is 13.2. The van der Waals surface area contributed by atoms with Crippen molar-refractivity contribution in [2.75, 3.05) is 13.6 Å². The van der Waals surface area contributed by atoms with Gasteiger partial charge in [-0.15, -0.1) is 11.3 Å². The van der Waals surface area contributed by atoms with Gasteiger partial charge in [0.15, 0.2) is 0 Å². The largest absolute Gasteiger partial charge is 0.357 e. The van der Waals surface area contributed by atoms with Crippen molar-refractivity contribution < 1.29 is 14.5 Å². The Kier molecular flexibility index (Phi) is 4.48. The fourth-order valence-corrected chi connectivity index (χ4v) is 4.00. The van der Waals surface area contributed by atoms with Crippen LogP contribution in [0.2, 0.25) is 0 Å². The number of likely N-dealkylation sites (N-methyl/N-ethyl adjacent to an activating group) is 1. The SMILES string of the molecule is CNC(=O)[C@@H]1CCCCN1C(=O)c1cc2cc([N+](=O)[O-])ccc2s1. The standard InChI is InChI=1S/C16H17N3O4S/c1-17-15(20)12-4-2-3-7-18(12)16(21)14-9-10-8-11(19(22)23)5-6-13(10)24-14/h5-6,8-9,12H,2-4,7H2,1H3,(H,17,20)/t12-/m0/s1. The Morgan fingerprint density at radius 1 is 1.33 bits per heavy atom.